The molecule has 0 radical (unpaired) electrons. The summed E-state index contributed by atoms with van der Waals surface area (Å²) < 4.78 is 1.98. The van der Waals surface area contributed by atoms with Gasteiger partial charge in [-0.2, -0.15) is 0 Å². The first-order chi connectivity index (χ1) is 15.8. The number of aromatic carboxylic acids is 1. The van der Waals surface area contributed by atoms with Gasteiger partial charge in [0.05, 0.1) is 22.6 Å². The van der Waals surface area contributed by atoms with Crippen LogP contribution < -0.4 is 16.1 Å². The van der Waals surface area contributed by atoms with E-state index in [-0.39, 0.29) is 11.6 Å². The van der Waals surface area contributed by atoms with Crippen LogP contribution in [0.3, 0.4) is 0 Å². The van der Waals surface area contributed by atoms with Gasteiger partial charge in [0.25, 0.3) is 0 Å². The summed E-state index contributed by atoms with van der Waals surface area (Å²) in [6, 6.07) is 1.88. The van der Waals surface area contributed by atoms with Crippen molar-refractivity contribution in [2.75, 3.05) is 36.6 Å². The molecule has 3 N–H and O–H groups in total. The van der Waals surface area contributed by atoms with Gasteiger partial charge in [-0.05, 0) is 42.7 Å². The van der Waals surface area contributed by atoms with Crippen LogP contribution in [0.4, 0.5) is 11.4 Å². The van der Waals surface area contributed by atoms with Crippen molar-refractivity contribution in [2.24, 2.45) is 11.1 Å². The number of carboxylic acids is 1. The summed E-state index contributed by atoms with van der Waals surface area (Å²) in [5, 5.41) is 14.3. The van der Waals surface area contributed by atoms with Gasteiger partial charge in [-0.15, -0.1) is 11.8 Å². The molecule has 1 saturated carbocycles. The first kappa shape index (κ1) is 21.9. The van der Waals surface area contributed by atoms with Crippen molar-refractivity contribution in [1.82, 2.24) is 4.57 Å². The first-order valence-electron chi connectivity index (χ1n) is 11.2. The van der Waals surface area contributed by atoms with Crippen LogP contribution in [0, 0.1) is 12.8 Å². The molecule has 0 amide bonds. The van der Waals surface area contributed by atoms with Crippen molar-refractivity contribution in [2.45, 2.75) is 39.2 Å². The summed E-state index contributed by atoms with van der Waals surface area (Å²) >= 11 is 1.90. The Morgan fingerprint density at radius 3 is 2.79 bits per heavy atom. The highest BCUT2D eigenvalue weighted by atomic mass is 32.2. The molecule has 1 aliphatic carbocycles. The Kier molecular flexibility index (Phi) is 5.39. The molecule has 2 aliphatic heterocycles. The fraction of sp³-hybridized carbons (Fsp3) is 0.458. The monoisotopic (exact) mass is 468 g/mol. The predicted molar refractivity (Wildman–Crippen MR) is 133 cm³/mol. The van der Waals surface area contributed by atoms with Crippen molar-refractivity contribution >= 4 is 45.7 Å². The minimum atomic E-state index is -1.21. The zero-order valence-corrected chi connectivity index (χ0v) is 19.9. The molecule has 8 nitrogen and oxygen atoms in total. The van der Waals surface area contributed by atoms with Crippen molar-refractivity contribution in [3.8, 4) is 0 Å². The molecule has 174 valence electrons. The van der Waals surface area contributed by atoms with E-state index in [9.17, 15) is 14.7 Å². The fourth-order valence-corrected chi connectivity index (χ4v) is 6.30. The maximum Gasteiger partial charge on any atom is 0.341 e. The van der Waals surface area contributed by atoms with Gasteiger partial charge < -0.3 is 25.1 Å². The lowest BCUT2D eigenvalue weighted by atomic mass is 9.94. The van der Waals surface area contributed by atoms with Crippen molar-refractivity contribution in [1.29, 1.82) is 0 Å². The summed E-state index contributed by atoms with van der Waals surface area (Å²) in [7, 11) is 1.58. The number of benzene rings is 1. The standard InChI is InChI=1S/C24H28N4O4S/c1-12-11-33-19-6-7-27(9-16(19)20(12)26-32-3)22-13(2)21-15(8-18(22)25)23(29)17(24(30)31)10-28(21)14-4-5-14/h8,10,12,14H,4-7,9,11,25H2,1-3H3,(H,30,31)/b26-20+. The van der Waals surface area contributed by atoms with E-state index in [1.54, 1.807) is 13.2 Å². The number of rotatable bonds is 4. The third-order valence-electron chi connectivity index (χ3n) is 6.81. The Balaban J connectivity index is 1.66. The Morgan fingerprint density at radius 1 is 1.36 bits per heavy atom. The second kappa shape index (κ2) is 8.13. The number of nitrogens with zero attached hydrogens (tertiary/aromatic N) is 3. The quantitative estimate of drug-likeness (QED) is 0.519. The molecule has 2 aromatic rings. The van der Waals surface area contributed by atoms with Crippen LogP contribution in [0.1, 0.15) is 48.1 Å². The zero-order valence-electron chi connectivity index (χ0n) is 19.1. The number of thioether (sulfide) groups is 1. The number of aromatic nitrogens is 1. The molecular formula is C24H28N4O4S. The molecule has 9 heteroatoms. The summed E-state index contributed by atoms with van der Waals surface area (Å²) in [4.78, 5) is 33.5. The van der Waals surface area contributed by atoms with E-state index in [1.807, 2.05) is 23.3 Å². The molecule has 33 heavy (non-hydrogen) atoms. The van der Waals surface area contributed by atoms with E-state index in [1.165, 1.54) is 16.7 Å². The largest absolute Gasteiger partial charge is 0.477 e. The number of nitrogens with two attached hydrogens (primary N) is 1. The number of pyridine rings is 1. The molecule has 3 aliphatic rings. The van der Waals surface area contributed by atoms with Gasteiger partial charge in [-0.25, -0.2) is 4.79 Å². The van der Waals surface area contributed by atoms with Crippen LogP contribution >= 0.6 is 11.8 Å². The Bertz CT molecular complexity index is 1290. The van der Waals surface area contributed by atoms with Crippen LogP contribution in [-0.2, 0) is 4.84 Å². The van der Waals surface area contributed by atoms with E-state index in [0.717, 1.165) is 54.0 Å². The number of fused-ring (bicyclic) bond motifs is 1. The van der Waals surface area contributed by atoms with Gasteiger partial charge >= 0.3 is 5.97 Å². The second-order valence-electron chi connectivity index (χ2n) is 9.10. The predicted octanol–water partition coefficient (Wildman–Crippen LogP) is 3.77. The first-order valence-corrected chi connectivity index (χ1v) is 12.2. The molecular weight excluding hydrogens is 440 g/mol. The highest BCUT2D eigenvalue weighted by Gasteiger charge is 2.33. The van der Waals surface area contributed by atoms with E-state index >= 15 is 0 Å². The molecule has 5 rings (SSSR count). The summed E-state index contributed by atoms with van der Waals surface area (Å²) in [5.41, 5.74) is 11.1. The van der Waals surface area contributed by atoms with E-state index < -0.39 is 11.4 Å². The van der Waals surface area contributed by atoms with Crippen LogP contribution in [0.15, 0.2) is 32.7 Å². The molecule has 1 unspecified atom stereocenters. The topological polar surface area (TPSA) is 110 Å². The molecule has 1 fully saturated rings. The van der Waals surface area contributed by atoms with Crippen molar-refractivity contribution in [3.05, 3.63) is 44.1 Å². The van der Waals surface area contributed by atoms with Crippen LogP contribution in [-0.4, -0.2) is 47.3 Å². The number of hydrogen-bond donors (Lipinski definition) is 2. The third kappa shape index (κ3) is 3.58. The minimum Gasteiger partial charge on any atom is -0.477 e. The molecule has 1 aromatic heterocycles. The molecule has 0 bridgehead atoms. The Morgan fingerprint density at radius 2 is 2.12 bits per heavy atom. The average molecular weight is 469 g/mol. The number of nitrogen functional groups attached to an aromatic ring is 1. The van der Waals surface area contributed by atoms with Gasteiger partial charge in [-0.1, -0.05) is 12.1 Å². The Labute approximate surface area is 196 Å². The van der Waals surface area contributed by atoms with Gasteiger partial charge in [-0.3, -0.25) is 4.79 Å². The number of aryl methyl sites for hydroxylation is 1. The Hall–Kier alpha value is -2.94. The summed E-state index contributed by atoms with van der Waals surface area (Å²) in [6.45, 7) is 5.64. The maximum atomic E-state index is 13.0. The van der Waals surface area contributed by atoms with Crippen molar-refractivity contribution < 1.29 is 14.7 Å². The van der Waals surface area contributed by atoms with Crippen LogP contribution in [0.2, 0.25) is 0 Å². The normalized spacial score (nSPS) is 22.1. The van der Waals surface area contributed by atoms with Crippen LogP contribution in [0.25, 0.3) is 10.9 Å². The molecule has 1 atom stereocenters. The van der Waals surface area contributed by atoms with E-state index in [0.29, 0.717) is 23.5 Å². The smallest absolute Gasteiger partial charge is 0.341 e. The molecule has 0 spiro atoms. The van der Waals surface area contributed by atoms with Gasteiger partial charge in [0, 0.05) is 48.0 Å². The highest BCUT2D eigenvalue weighted by molar-refractivity contribution is 8.03. The molecule has 0 saturated heterocycles. The zero-order chi connectivity index (χ0) is 23.4. The number of carbonyl (C=O) groups is 1. The van der Waals surface area contributed by atoms with Gasteiger partial charge in [0.2, 0.25) is 5.43 Å². The summed E-state index contributed by atoms with van der Waals surface area (Å²) in [6.07, 6.45) is 4.36. The van der Waals surface area contributed by atoms with E-state index in [2.05, 4.69) is 17.0 Å². The SMILES string of the molecule is CO/N=C1/C2=C(CCN(c3c(N)cc4c(=O)c(C(=O)O)cn(C5CC5)c4c3C)C2)SCC1C. The summed E-state index contributed by atoms with van der Waals surface area (Å²) in [5.74, 6) is 0.0942. The third-order valence-corrected chi connectivity index (χ3v) is 8.27. The number of oxime groups is 1. The lowest BCUT2D eigenvalue weighted by Gasteiger charge is -2.37. The van der Waals surface area contributed by atoms with Crippen LogP contribution in [0.5, 0.6) is 0 Å². The number of hydrogen-bond acceptors (Lipinski definition) is 7. The molecule has 1 aromatic carbocycles. The van der Waals surface area contributed by atoms with Gasteiger partial charge in [0.15, 0.2) is 0 Å². The highest BCUT2D eigenvalue weighted by Crippen LogP contribution is 2.43. The van der Waals surface area contributed by atoms with Crippen molar-refractivity contribution in [3.63, 3.8) is 0 Å². The molecule has 3 heterocycles. The maximum absolute atomic E-state index is 13.0. The van der Waals surface area contributed by atoms with E-state index in [4.69, 9.17) is 10.6 Å². The minimum absolute atomic E-state index is 0.206. The van der Waals surface area contributed by atoms with Gasteiger partial charge in [0.1, 0.15) is 12.7 Å². The average Bonchev–Trinajstić information content (AvgIpc) is 3.61. The number of carboxylic acid groups (broad SMARTS) is 1. The lowest BCUT2D eigenvalue weighted by Crippen LogP contribution is -2.38. The number of anilines is 2. The lowest BCUT2D eigenvalue weighted by molar-refractivity contribution is 0.0695. The fourth-order valence-electron chi connectivity index (χ4n) is 5.11. The second-order valence-corrected chi connectivity index (χ2v) is 10.2.